The number of nitrogens with zero attached hydrogens (tertiary/aromatic N) is 1. The third-order valence-corrected chi connectivity index (χ3v) is 6.22. The van der Waals surface area contributed by atoms with Crippen molar-refractivity contribution in [1.82, 2.24) is 4.98 Å². The molecule has 0 spiro atoms. The SMILES string of the molecule is CCOC(=O)C1CCC(CC(=O)Nc2ccccc2NC(=O)c2ccc3ccccc3n2)CC1. The molecule has 2 aromatic carbocycles. The van der Waals surface area contributed by atoms with E-state index < -0.39 is 0 Å². The van der Waals surface area contributed by atoms with E-state index in [1.807, 2.05) is 43.3 Å². The summed E-state index contributed by atoms with van der Waals surface area (Å²) in [6.45, 7) is 2.21. The number of pyridine rings is 1. The molecule has 176 valence electrons. The van der Waals surface area contributed by atoms with Crippen molar-refractivity contribution >= 4 is 40.1 Å². The Hall–Kier alpha value is -3.74. The van der Waals surface area contributed by atoms with E-state index in [1.54, 1.807) is 24.3 Å². The molecule has 2 N–H and O–H groups in total. The second-order valence-corrected chi connectivity index (χ2v) is 8.61. The molecule has 4 rings (SSSR count). The van der Waals surface area contributed by atoms with Crippen molar-refractivity contribution < 1.29 is 19.1 Å². The number of aromatic nitrogens is 1. The van der Waals surface area contributed by atoms with Gasteiger partial charge in [0.15, 0.2) is 0 Å². The number of amides is 2. The van der Waals surface area contributed by atoms with Crippen LogP contribution in [-0.4, -0.2) is 29.4 Å². The van der Waals surface area contributed by atoms with Gasteiger partial charge in [0.05, 0.1) is 29.4 Å². The molecule has 7 nitrogen and oxygen atoms in total. The van der Waals surface area contributed by atoms with E-state index in [0.29, 0.717) is 30.1 Å². The molecule has 1 aliphatic carbocycles. The minimum atomic E-state index is -0.343. The summed E-state index contributed by atoms with van der Waals surface area (Å²) in [5.41, 5.74) is 2.11. The molecule has 1 heterocycles. The summed E-state index contributed by atoms with van der Waals surface area (Å²) in [7, 11) is 0. The van der Waals surface area contributed by atoms with Gasteiger partial charge in [-0.2, -0.15) is 0 Å². The van der Waals surface area contributed by atoms with Gasteiger partial charge in [-0.3, -0.25) is 14.4 Å². The Kier molecular flexibility index (Phi) is 7.52. The molecule has 0 radical (unpaired) electrons. The summed E-state index contributed by atoms with van der Waals surface area (Å²) in [4.78, 5) is 41.9. The molecule has 7 heteroatoms. The second kappa shape index (κ2) is 10.9. The molecule has 1 aliphatic rings. The molecular weight excluding hydrogens is 430 g/mol. The first kappa shape index (κ1) is 23.4. The summed E-state index contributed by atoms with van der Waals surface area (Å²) in [5, 5.41) is 6.76. The van der Waals surface area contributed by atoms with Crippen LogP contribution < -0.4 is 10.6 Å². The van der Waals surface area contributed by atoms with Gasteiger partial charge in [0.1, 0.15) is 5.69 Å². The van der Waals surface area contributed by atoms with Gasteiger partial charge in [0, 0.05) is 11.8 Å². The first-order chi connectivity index (χ1) is 16.5. The standard InChI is InChI=1S/C27H29N3O4/c1-2-34-27(33)20-13-11-18(12-14-20)17-25(31)29-22-9-5-6-10-23(22)30-26(32)24-16-15-19-7-3-4-8-21(19)28-24/h3-10,15-16,18,20H,2,11-14,17H2,1H3,(H,29,31)(H,30,32). The molecule has 1 saturated carbocycles. The molecule has 2 amide bonds. The minimum absolute atomic E-state index is 0.0566. The first-order valence-corrected chi connectivity index (χ1v) is 11.8. The lowest BCUT2D eigenvalue weighted by molar-refractivity contribution is -0.149. The third-order valence-electron chi connectivity index (χ3n) is 6.22. The minimum Gasteiger partial charge on any atom is -0.466 e. The quantitative estimate of drug-likeness (QED) is 0.474. The average molecular weight is 460 g/mol. The fourth-order valence-electron chi connectivity index (χ4n) is 4.41. The van der Waals surface area contributed by atoms with Crippen LogP contribution in [0.4, 0.5) is 11.4 Å². The Morgan fingerprint density at radius 3 is 2.29 bits per heavy atom. The Labute approximate surface area is 198 Å². The monoisotopic (exact) mass is 459 g/mol. The predicted octanol–water partition coefficient (Wildman–Crippen LogP) is 5.19. The molecule has 3 aromatic rings. The van der Waals surface area contributed by atoms with Gasteiger partial charge in [-0.05, 0) is 62.8 Å². The summed E-state index contributed by atoms with van der Waals surface area (Å²) in [6, 6.07) is 18.3. The van der Waals surface area contributed by atoms with Gasteiger partial charge in [-0.1, -0.05) is 36.4 Å². The lowest BCUT2D eigenvalue weighted by Gasteiger charge is -2.26. The van der Waals surface area contributed by atoms with Crippen molar-refractivity contribution in [2.24, 2.45) is 11.8 Å². The molecule has 0 bridgehead atoms. The van der Waals surface area contributed by atoms with Gasteiger partial charge in [-0.25, -0.2) is 4.98 Å². The molecule has 0 aliphatic heterocycles. The van der Waals surface area contributed by atoms with Crippen molar-refractivity contribution in [3.63, 3.8) is 0 Å². The zero-order chi connectivity index (χ0) is 23.9. The largest absolute Gasteiger partial charge is 0.466 e. The van der Waals surface area contributed by atoms with Crippen LogP contribution in [-0.2, 0) is 14.3 Å². The molecule has 1 fully saturated rings. The van der Waals surface area contributed by atoms with Crippen LogP contribution in [0.2, 0.25) is 0 Å². The third kappa shape index (κ3) is 5.78. The molecule has 0 saturated heterocycles. The van der Waals surface area contributed by atoms with Crippen molar-refractivity contribution in [3.05, 3.63) is 66.4 Å². The number of para-hydroxylation sites is 3. The van der Waals surface area contributed by atoms with Gasteiger partial charge in [0.2, 0.25) is 5.91 Å². The summed E-state index contributed by atoms with van der Waals surface area (Å²) < 4.78 is 5.12. The molecule has 1 aromatic heterocycles. The maximum absolute atomic E-state index is 12.8. The molecular formula is C27H29N3O4. The van der Waals surface area contributed by atoms with Gasteiger partial charge in [-0.15, -0.1) is 0 Å². The summed E-state index contributed by atoms with van der Waals surface area (Å²) in [5.74, 6) is -0.404. The van der Waals surface area contributed by atoms with E-state index in [0.717, 1.165) is 36.6 Å². The number of benzene rings is 2. The Balaban J connectivity index is 1.35. The second-order valence-electron chi connectivity index (χ2n) is 8.61. The fourth-order valence-corrected chi connectivity index (χ4v) is 4.41. The van der Waals surface area contributed by atoms with Crippen LogP contribution in [0.3, 0.4) is 0 Å². The van der Waals surface area contributed by atoms with Gasteiger partial charge in [0.25, 0.3) is 5.91 Å². The summed E-state index contributed by atoms with van der Waals surface area (Å²) in [6.07, 6.45) is 3.53. The number of rotatable bonds is 7. The number of esters is 1. The van der Waals surface area contributed by atoms with E-state index in [9.17, 15) is 14.4 Å². The van der Waals surface area contributed by atoms with E-state index in [4.69, 9.17) is 4.74 Å². The Morgan fingerprint density at radius 2 is 1.56 bits per heavy atom. The number of carbonyl (C=O) groups excluding carboxylic acids is 3. The Morgan fingerprint density at radius 1 is 0.882 bits per heavy atom. The van der Waals surface area contributed by atoms with Crippen LogP contribution in [0.25, 0.3) is 10.9 Å². The van der Waals surface area contributed by atoms with E-state index in [-0.39, 0.29) is 29.6 Å². The Bertz CT molecular complexity index is 1190. The molecule has 34 heavy (non-hydrogen) atoms. The number of carbonyl (C=O) groups is 3. The van der Waals surface area contributed by atoms with Gasteiger partial charge < -0.3 is 15.4 Å². The number of ether oxygens (including phenoxy) is 1. The maximum Gasteiger partial charge on any atom is 0.308 e. The number of hydrogen-bond acceptors (Lipinski definition) is 5. The highest BCUT2D eigenvalue weighted by Gasteiger charge is 2.28. The topological polar surface area (TPSA) is 97.4 Å². The fraction of sp³-hybridized carbons (Fsp3) is 0.333. The predicted molar refractivity (Wildman–Crippen MR) is 131 cm³/mol. The highest BCUT2D eigenvalue weighted by atomic mass is 16.5. The van der Waals surface area contributed by atoms with Crippen molar-refractivity contribution in [1.29, 1.82) is 0 Å². The van der Waals surface area contributed by atoms with Crippen LogP contribution in [0.5, 0.6) is 0 Å². The van der Waals surface area contributed by atoms with Crippen molar-refractivity contribution in [2.45, 2.75) is 39.0 Å². The number of hydrogen-bond donors (Lipinski definition) is 2. The van der Waals surface area contributed by atoms with Crippen LogP contribution in [0.15, 0.2) is 60.7 Å². The number of anilines is 2. The zero-order valence-electron chi connectivity index (χ0n) is 19.3. The normalized spacial score (nSPS) is 17.7. The molecule has 0 atom stereocenters. The lowest BCUT2D eigenvalue weighted by Crippen LogP contribution is -2.26. The summed E-state index contributed by atoms with van der Waals surface area (Å²) >= 11 is 0. The number of fused-ring (bicyclic) bond motifs is 1. The van der Waals surface area contributed by atoms with E-state index in [2.05, 4.69) is 15.6 Å². The van der Waals surface area contributed by atoms with Crippen molar-refractivity contribution in [3.8, 4) is 0 Å². The van der Waals surface area contributed by atoms with Crippen molar-refractivity contribution in [2.75, 3.05) is 17.2 Å². The van der Waals surface area contributed by atoms with Crippen LogP contribution in [0, 0.1) is 11.8 Å². The molecule has 0 unspecified atom stereocenters. The maximum atomic E-state index is 12.8. The average Bonchev–Trinajstić information content (AvgIpc) is 2.85. The first-order valence-electron chi connectivity index (χ1n) is 11.8. The zero-order valence-corrected chi connectivity index (χ0v) is 19.3. The van der Waals surface area contributed by atoms with E-state index in [1.165, 1.54) is 0 Å². The number of nitrogens with one attached hydrogen (secondary N) is 2. The smallest absolute Gasteiger partial charge is 0.308 e. The highest BCUT2D eigenvalue weighted by Crippen LogP contribution is 2.32. The van der Waals surface area contributed by atoms with E-state index >= 15 is 0 Å². The lowest BCUT2D eigenvalue weighted by atomic mass is 9.80. The van der Waals surface area contributed by atoms with Crippen LogP contribution in [0.1, 0.15) is 49.5 Å². The van der Waals surface area contributed by atoms with Gasteiger partial charge >= 0.3 is 5.97 Å². The highest BCUT2D eigenvalue weighted by molar-refractivity contribution is 6.07. The van der Waals surface area contributed by atoms with Crippen LogP contribution >= 0.6 is 0 Å².